The molecular weight excluding hydrogens is 187 g/mol. The number of halogens is 2. The molecule has 0 spiro atoms. The zero-order valence-electron chi connectivity index (χ0n) is 5.84. The van der Waals surface area contributed by atoms with Crippen molar-refractivity contribution >= 4 is 27.9 Å². The Labute approximate surface area is 75.1 Å². The van der Waals surface area contributed by atoms with Gasteiger partial charge in [-0.25, -0.2) is 0 Å². The second kappa shape index (κ2) is 9.23. The molecule has 0 fully saturated rings. The topological polar surface area (TPSA) is 64.7 Å². The van der Waals surface area contributed by atoms with Crippen LogP contribution in [0.5, 0.6) is 0 Å². The van der Waals surface area contributed by atoms with Crippen LogP contribution in [-0.4, -0.2) is 4.70 Å². The summed E-state index contributed by atoms with van der Waals surface area (Å²) in [6.45, 7) is 1.73. The fourth-order valence-electron chi connectivity index (χ4n) is 0.183. The SMILES string of the molecule is CC(C#N)CC#N.O=C(Cl)Cl. The Morgan fingerprint density at radius 3 is 2.00 bits per heavy atom. The van der Waals surface area contributed by atoms with Crippen LogP contribution < -0.4 is 0 Å². The summed E-state index contributed by atoms with van der Waals surface area (Å²) in [4.78, 5) is 8.98. The van der Waals surface area contributed by atoms with Gasteiger partial charge in [0.15, 0.2) is 0 Å². The van der Waals surface area contributed by atoms with Gasteiger partial charge in [-0.15, -0.1) is 0 Å². The zero-order chi connectivity index (χ0) is 9.28. The number of hydrogen-bond acceptors (Lipinski definition) is 3. The minimum absolute atomic E-state index is 0.106. The highest BCUT2D eigenvalue weighted by molar-refractivity contribution is 6.93. The fourth-order valence-corrected chi connectivity index (χ4v) is 0.183. The number of carbonyl (C=O) groups is 1. The second-order valence-electron chi connectivity index (χ2n) is 1.62. The van der Waals surface area contributed by atoms with E-state index in [4.69, 9.17) is 15.3 Å². The summed E-state index contributed by atoms with van der Waals surface area (Å²) < 4.78 is -0.889. The summed E-state index contributed by atoms with van der Waals surface area (Å²) in [5.41, 5.74) is 0. The summed E-state index contributed by atoms with van der Waals surface area (Å²) in [6.07, 6.45) is 0.344. The average molecular weight is 193 g/mol. The third kappa shape index (κ3) is 27.0. The highest BCUT2D eigenvalue weighted by Gasteiger charge is 1.93. The van der Waals surface area contributed by atoms with Crippen molar-refractivity contribution in [1.29, 1.82) is 10.5 Å². The van der Waals surface area contributed by atoms with Gasteiger partial charge in [-0.2, -0.15) is 10.5 Å². The smallest absolute Gasteiger partial charge is 0.262 e. The second-order valence-corrected chi connectivity index (χ2v) is 2.50. The highest BCUT2D eigenvalue weighted by atomic mass is 35.5. The molecule has 5 heteroatoms. The summed E-state index contributed by atoms with van der Waals surface area (Å²) in [7, 11) is 0. The Kier molecular flexibility index (Phi) is 10.8. The first-order valence-electron chi connectivity index (χ1n) is 2.66. The minimum atomic E-state index is -0.889. The molecule has 60 valence electrons. The van der Waals surface area contributed by atoms with Gasteiger partial charge in [-0.3, -0.25) is 4.79 Å². The van der Waals surface area contributed by atoms with Crippen molar-refractivity contribution in [3.63, 3.8) is 0 Å². The van der Waals surface area contributed by atoms with E-state index in [2.05, 4.69) is 23.2 Å². The van der Waals surface area contributed by atoms with E-state index in [-0.39, 0.29) is 5.92 Å². The summed E-state index contributed by atoms with van der Waals surface area (Å²) in [6, 6.07) is 3.84. The molecule has 0 bridgehead atoms. The van der Waals surface area contributed by atoms with Gasteiger partial charge in [0.05, 0.1) is 24.5 Å². The molecule has 0 amide bonds. The Balaban J connectivity index is 0. The Morgan fingerprint density at radius 1 is 1.55 bits per heavy atom. The van der Waals surface area contributed by atoms with Gasteiger partial charge in [-0.1, -0.05) is 0 Å². The lowest BCUT2D eigenvalue weighted by Gasteiger charge is -1.85. The predicted molar refractivity (Wildman–Crippen MR) is 42.1 cm³/mol. The molecule has 0 aliphatic rings. The van der Waals surface area contributed by atoms with Gasteiger partial charge in [0.2, 0.25) is 0 Å². The molecule has 0 N–H and O–H groups in total. The van der Waals surface area contributed by atoms with Gasteiger partial charge < -0.3 is 0 Å². The van der Waals surface area contributed by atoms with Crippen LogP contribution in [0.15, 0.2) is 0 Å². The lowest BCUT2D eigenvalue weighted by molar-refractivity contribution is 0.275. The molecular formula is C6H6Cl2N2O. The third-order valence-corrected chi connectivity index (χ3v) is 0.618. The monoisotopic (exact) mass is 192 g/mol. The molecule has 0 aromatic rings. The Bertz CT molecular complexity index is 188. The molecule has 0 aliphatic carbocycles. The minimum Gasteiger partial charge on any atom is -0.262 e. The molecule has 3 nitrogen and oxygen atoms in total. The Hall–Kier alpha value is -0.770. The predicted octanol–water partition coefficient (Wildman–Crippen LogP) is 2.64. The molecule has 11 heavy (non-hydrogen) atoms. The molecule has 1 atom stereocenters. The van der Waals surface area contributed by atoms with E-state index in [1.165, 1.54) is 0 Å². The summed E-state index contributed by atoms with van der Waals surface area (Å²) in [5, 5.41) is 16.0. The highest BCUT2D eigenvalue weighted by Crippen LogP contribution is 1.94. The summed E-state index contributed by atoms with van der Waals surface area (Å²) >= 11 is 8.80. The number of rotatable bonds is 1. The van der Waals surface area contributed by atoms with Crippen LogP contribution in [0.3, 0.4) is 0 Å². The first-order chi connectivity index (χ1) is 5.04. The maximum absolute atomic E-state index is 8.98. The van der Waals surface area contributed by atoms with Gasteiger partial charge in [-0.05, 0) is 30.1 Å². The van der Waals surface area contributed by atoms with Crippen LogP contribution in [0.4, 0.5) is 4.79 Å². The number of nitrogens with zero attached hydrogens (tertiary/aromatic N) is 2. The molecule has 0 saturated carbocycles. The molecule has 1 unspecified atom stereocenters. The first kappa shape index (κ1) is 12.9. The number of carbonyl (C=O) groups excluding carboxylic acids is 1. The first-order valence-corrected chi connectivity index (χ1v) is 3.41. The normalized spacial score (nSPS) is 9.55. The van der Waals surface area contributed by atoms with Crippen LogP contribution in [0.1, 0.15) is 13.3 Å². The van der Waals surface area contributed by atoms with Gasteiger partial charge in [0.1, 0.15) is 0 Å². The fraction of sp³-hybridized carbons (Fsp3) is 0.500. The zero-order valence-corrected chi connectivity index (χ0v) is 7.35. The number of hydrogen-bond donors (Lipinski definition) is 0. The van der Waals surface area contributed by atoms with Crippen molar-refractivity contribution in [2.24, 2.45) is 5.92 Å². The third-order valence-electron chi connectivity index (χ3n) is 0.618. The van der Waals surface area contributed by atoms with Crippen LogP contribution in [-0.2, 0) is 0 Å². The molecule has 0 aromatic heterocycles. The van der Waals surface area contributed by atoms with E-state index in [0.29, 0.717) is 6.42 Å². The van der Waals surface area contributed by atoms with Crippen molar-refractivity contribution in [1.82, 2.24) is 0 Å². The molecule has 0 radical (unpaired) electrons. The lowest BCUT2D eigenvalue weighted by Crippen LogP contribution is -1.83. The van der Waals surface area contributed by atoms with Crippen LogP contribution in [0, 0.1) is 28.6 Å². The van der Waals surface area contributed by atoms with Crippen molar-refractivity contribution in [2.75, 3.05) is 0 Å². The molecule has 0 aromatic carbocycles. The maximum Gasteiger partial charge on any atom is 0.313 e. The van der Waals surface area contributed by atoms with Crippen molar-refractivity contribution in [2.45, 2.75) is 13.3 Å². The molecule has 0 rings (SSSR count). The van der Waals surface area contributed by atoms with E-state index in [9.17, 15) is 0 Å². The quantitative estimate of drug-likeness (QED) is 0.601. The standard InChI is InChI=1S/C5H6N2.CCl2O/c1-5(4-7)2-3-6;2-1(3)4/h5H,2H2,1H3;. The van der Waals surface area contributed by atoms with Crippen LogP contribution in [0.25, 0.3) is 0 Å². The lowest BCUT2D eigenvalue weighted by atomic mass is 10.1. The van der Waals surface area contributed by atoms with Crippen LogP contribution in [0.2, 0.25) is 0 Å². The van der Waals surface area contributed by atoms with Crippen molar-refractivity contribution in [3.8, 4) is 12.1 Å². The molecule has 0 heterocycles. The molecule has 0 aliphatic heterocycles. The maximum atomic E-state index is 8.98. The van der Waals surface area contributed by atoms with Crippen LogP contribution >= 0.6 is 23.2 Å². The van der Waals surface area contributed by atoms with E-state index >= 15 is 0 Å². The van der Waals surface area contributed by atoms with Gasteiger partial charge in [0.25, 0.3) is 0 Å². The average Bonchev–Trinajstić information content (AvgIpc) is 1.87. The van der Waals surface area contributed by atoms with Crippen molar-refractivity contribution < 1.29 is 4.79 Å². The van der Waals surface area contributed by atoms with Crippen molar-refractivity contribution in [3.05, 3.63) is 0 Å². The number of nitriles is 2. The largest absolute Gasteiger partial charge is 0.313 e. The van der Waals surface area contributed by atoms with E-state index in [1.807, 2.05) is 12.1 Å². The van der Waals surface area contributed by atoms with E-state index in [0.717, 1.165) is 0 Å². The van der Waals surface area contributed by atoms with E-state index in [1.54, 1.807) is 6.92 Å². The van der Waals surface area contributed by atoms with Gasteiger partial charge in [0, 0.05) is 0 Å². The van der Waals surface area contributed by atoms with E-state index < -0.39 is 4.70 Å². The molecule has 0 saturated heterocycles. The summed E-state index contributed by atoms with van der Waals surface area (Å²) in [5.74, 6) is -0.106. The van der Waals surface area contributed by atoms with Gasteiger partial charge >= 0.3 is 4.70 Å². The Morgan fingerprint density at radius 2 is 1.91 bits per heavy atom.